The van der Waals surface area contributed by atoms with E-state index in [0.29, 0.717) is 5.76 Å². The van der Waals surface area contributed by atoms with Gasteiger partial charge in [-0.25, -0.2) is 0 Å². The first-order chi connectivity index (χ1) is 9.17. The van der Waals surface area contributed by atoms with Crippen LogP contribution in [-0.4, -0.2) is 14.9 Å². The molecule has 2 heterocycles. The molecule has 98 valence electrons. The third-order valence-electron chi connectivity index (χ3n) is 3.25. The first-order valence-electron chi connectivity index (χ1n) is 6.38. The number of aryl methyl sites for hydroxylation is 2. The van der Waals surface area contributed by atoms with Crippen molar-refractivity contribution in [3.05, 3.63) is 53.5 Å². The zero-order valence-corrected chi connectivity index (χ0v) is 11.0. The van der Waals surface area contributed by atoms with Gasteiger partial charge in [-0.05, 0) is 32.0 Å². The molecule has 0 fully saturated rings. The standard InChI is InChI=1S/C15H16N2O2/c1-3-17-9-12(8-16-17)15(18)14-7-11-6-10(2)4-5-13(11)19-14/h4-9,15,18H,3H2,1-2H3. The molecule has 1 atom stereocenters. The zero-order chi connectivity index (χ0) is 13.4. The molecule has 0 spiro atoms. The Labute approximate surface area is 111 Å². The SMILES string of the molecule is CCn1cc(C(O)c2cc3cc(C)ccc3o2)cn1. The number of fused-ring (bicyclic) bond motifs is 1. The predicted octanol–water partition coefficient (Wildman–Crippen LogP) is 3.04. The van der Waals surface area contributed by atoms with Crippen molar-refractivity contribution in [1.82, 2.24) is 9.78 Å². The molecule has 0 bridgehead atoms. The van der Waals surface area contributed by atoms with Gasteiger partial charge in [-0.15, -0.1) is 0 Å². The zero-order valence-electron chi connectivity index (χ0n) is 11.0. The number of aromatic nitrogens is 2. The van der Waals surface area contributed by atoms with Gasteiger partial charge in [0.1, 0.15) is 17.4 Å². The molecule has 1 N–H and O–H groups in total. The van der Waals surface area contributed by atoms with E-state index in [0.717, 1.165) is 23.1 Å². The summed E-state index contributed by atoms with van der Waals surface area (Å²) in [6.07, 6.45) is 2.74. The molecule has 0 aliphatic rings. The maximum Gasteiger partial charge on any atom is 0.140 e. The number of benzene rings is 1. The lowest BCUT2D eigenvalue weighted by molar-refractivity contribution is 0.192. The minimum Gasteiger partial charge on any atom is -0.458 e. The van der Waals surface area contributed by atoms with Gasteiger partial charge in [0.05, 0.1) is 6.20 Å². The molecular weight excluding hydrogens is 240 g/mol. The number of aliphatic hydroxyl groups excluding tert-OH is 1. The highest BCUT2D eigenvalue weighted by molar-refractivity contribution is 5.78. The van der Waals surface area contributed by atoms with Gasteiger partial charge in [-0.2, -0.15) is 5.10 Å². The summed E-state index contributed by atoms with van der Waals surface area (Å²) in [5, 5.41) is 15.5. The number of hydrogen-bond acceptors (Lipinski definition) is 3. The van der Waals surface area contributed by atoms with Crippen LogP contribution < -0.4 is 0 Å². The minimum absolute atomic E-state index is 0.552. The molecule has 0 amide bonds. The van der Waals surface area contributed by atoms with Gasteiger partial charge in [0, 0.05) is 23.7 Å². The van der Waals surface area contributed by atoms with E-state index in [4.69, 9.17) is 4.42 Å². The summed E-state index contributed by atoms with van der Waals surface area (Å²) in [4.78, 5) is 0. The summed E-state index contributed by atoms with van der Waals surface area (Å²) < 4.78 is 7.48. The van der Waals surface area contributed by atoms with Crippen LogP contribution in [0.1, 0.15) is 29.9 Å². The second kappa shape index (κ2) is 4.55. The molecule has 0 radical (unpaired) electrons. The molecule has 3 rings (SSSR count). The van der Waals surface area contributed by atoms with Crippen molar-refractivity contribution in [2.45, 2.75) is 26.5 Å². The van der Waals surface area contributed by atoms with Crippen molar-refractivity contribution in [3.8, 4) is 0 Å². The van der Waals surface area contributed by atoms with Crippen molar-refractivity contribution in [2.75, 3.05) is 0 Å². The van der Waals surface area contributed by atoms with E-state index in [1.54, 1.807) is 10.9 Å². The van der Waals surface area contributed by atoms with Crippen LogP contribution in [0.25, 0.3) is 11.0 Å². The van der Waals surface area contributed by atoms with E-state index < -0.39 is 6.10 Å². The van der Waals surface area contributed by atoms with Crippen molar-refractivity contribution >= 4 is 11.0 Å². The fraction of sp³-hybridized carbons (Fsp3) is 0.267. The molecule has 0 aliphatic heterocycles. The van der Waals surface area contributed by atoms with E-state index in [9.17, 15) is 5.11 Å². The Morgan fingerprint density at radius 2 is 2.21 bits per heavy atom. The summed E-state index contributed by atoms with van der Waals surface area (Å²) in [7, 11) is 0. The van der Waals surface area contributed by atoms with Gasteiger partial charge in [0.25, 0.3) is 0 Å². The van der Waals surface area contributed by atoms with E-state index in [1.165, 1.54) is 5.56 Å². The van der Waals surface area contributed by atoms with Gasteiger partial charge in [0.2, 0.25) is 0 Å². The normalized spacial score (nSPS) is 13.0. The summed E-state index contributed by atoms with van der Waals surface area (Å²) in [6, 6.07) is 7.86. The Hall–Kier alpha value is -2.07. The maximum atomic E-state index is 10.3. The highest BCUT2D eigenvalue weighted by Crippen LogP contribution is 2.28. The minimum atomic E-state index is -0.770. The van der Waals surface area contributed by atoms with E-state index >= 15 is 0 Å². The van der Waals surface area contributed by atoms with Gasteiger partial charge < -0.3 is 9.52 Å². The lowest BCUT2D eigenvalue weighted by atomic mass is 10.1. The van der Waals surface area contributed by atoms with Crippen molar-refractivity contribution in [3.63, 3.8) is 0 Å². The van der Waals surface area contributed by atoms with Crippen molar-refractivity contribution in [1.29, 1.82) is 0 Å². The summed E-state index contributed by atoms with van der Waals surface area (Å²) >= 11 is 0. The Kier molecular flexibility index (Phi) is 2.87. The van der Waals surface area contributed by atoms with Gasteiger partial charge in [0.15, 0.2) is 0 Å². The number of rotatable bonds is 3. The Morgan fingerprint density at radius 1 is 1.37 bits per heavy atom. The third-order valence-corrected chi connectivity index (χ3v) is 3.25. The van der Waals surface area contributed by atoms with Crippen LogP contribution in [-0.2, 0) is 6.54 Å². The number of hydrogen-bond donors (Lipinski definition) is 1. The second-order valence-corrected chi connectivity index (χ2v) is 4.72. The topological polar surface area (TPSA) is 51.2 Å². The van der Waals surface area contributed by atoms with Crippen molar-refractivity contribution in [2.24, 2.45) is 0 Å². The smallest absolute Gasteiger partial charge is 0.140 e. The van der Waals surface area contributed by atoms with Crippen molar-refractivity contribution < 1.29 is 9.52 Å². The van der Waals surface area contributed by atoms with E-state index in [2.05, 4.69) is 5.10 Å². The van der Waals surface area contributed by atoms with Crippen LogP contribution in [0.2, 0.25) is 0 Å². The quantitative estimate of drug-likeness (QED) is 0.783. The number of furan rings is 1. The number of aliphatic hydroxyl groups is 1. The van der Waals surface area contributed by atoms with E-state index in [-0.39, 0.29) is 0 Å². The molecule has 0 saturated carbocycles. The fourth-order valence-electron chi connectivity index (χ4n) is 2.18. The largest absolute Gasteiger partial charge is 0.458 e. The summed E-state index contributed by atoms with van der Waals surface area (Å²) in [5.41, 5.74) is 2.72. The van der Waals surface area contributed by atoms with Crippen LogP contribution in [0.5, 0.6) is 0 Å². The molecule has 2 aromatic heterocycles. The average Bonchev–Trinajstić information content (AvgIpc) is 3.03. The van der Waals surface area contributed by atoms with Crippen LogP contribution in [0, 0.1) is 6.92 Å². The molecule has 0 saturated heterocycles. The lowest BCUT2D eigenvalue weighted by Gasteiger charge is -2.03. The van der Waals surface area contributed by atoms with Crippen LogP contribution >= 0.6 is 0 Å². The first kappa shape index (κ1) is 12.0. The molecule has 4 nitrogen and oxygen atoms in total. The summed E-state index contributed by atoms with van der Waals surface area (Å²) in [6.45, 7) is 4.83. The molecular formula is C15H16N2O2. The average molecular weight is 256 g/mol. The maximum absolute atomic E-state index is 10.3. The predicted molar refractivity (Wildman–Crippen MR) is 72.9 cm³/mol. The highest BCUT2D eigenvalue weighted by Gasteiger charge is 2.17. The fourth-order valence-corrected chi connectivity index (χ4v) is 2.18. The summed E-state index contributed by atoms with van der Waals surface area (Å²) in [5.74, 6) is 0.552. The lowest BCUT2D eigenvalue weighted by Crippen LogP contribution is -1.97. The molecule has 0 aliphatic carbocycles. The monoisotopic (exact) mass is 256 g/mol. The van der Waals surface area contributed by atoms with E-state index in [1.807, 2.05) is 44.3 Å². The van der Waals surface area contributed by atoms with Crippen LogP contribution in [0.4, 0.5) is 0 Å². The Morgan fingerprint density at radius 3 is 2.95 bits per heavy atom. The van der Waals surface area contributed by atoms with Gasteiger partial charge in [-0.3, -0.25) is 4.68 Å². The molecule has 19 heavy (non-hydrogen) atoms. The molecule has 3 aromatic rings. The Bertz CT molecular complexity index is 712. The molecule has 1 unspecified atom stereocenters. The van der Waals surface area contributed by atoms with Crippen LogP contribution in [0.15, 0.2) is 41.1 Å². The van der Waals surface area contributed by atoms with Crippen LogP contribution in [0.3, 0.4) is 0 Å². The van der Waals surface area contributed by atoms with Gasteiger partial charge >= 0.3 is 0 Å². The molecule has 1 aromatic carbocycles. The second-order valence-electron chi connectivity index (χ2n) is 4.72. The molecule has 4 heteroatoms. The Balaban J connectivity index is 1.98. The van der Waals surface area contributed by atoms with Gasteiger partial charge in [-0.1, -0.05) is 11.6 Å². The first-order valence-corrected chi connectivity index (χ1v) is 6.38. The highest BCUT2D eigenvalue weighted by atomic mass is 16.4. The number of nitrogens with zero attached hydrogens (tertiary/aromatic N) is 2. The third kappa shape index (κ3) is 2.15.